The van der Waals surface area contributed by atoms with Gasteiger partial charge in [-0.05, 0) is 19.3 Å². The fraction of sp³-hybridized carbons (Fsp3) is 0.900. The molecule has 13 heavy (non-hydrogen) atoms. The second-order valence-corrected chi connectivity index (χ2v) is 4.38. The molecule has 0 aliphatic rings. The van der Waals surface area contributed by atoms with Crippen LogP contribution in [0.3, 0.4) is 0 Å². The summed E-state index contributed by atoms with van der Waals surface area (Å²) in [6.45, 7) is 6.81. The van der Waals surface area contributed by atoms with Crippen LogP contribution in [-0.2, 0) is 4.79 Å². The number of nitrogens with one attached hydrogen (secondary N) is 1. The highest BCUT2D eigenvalue weighted by Gasteiger charge is 2.06. The molecule has 1 N–H and O–H groups in total. The SMILES string of the molecule is CCC(C)CC(=O)NCCC(C)Cl. The highest BCUT2D eigenvalue weighted by Crippen LogP contribution is 2.05. The molecule has 2 nitrogen and oxygen atoms in total. The van der Waals surface area contributed by atoms with Gasteiger partial charge in [-0.3, -0.25) is 4.79 Å². The van der Waals surface area contributed by atoms with E-state index in [1.807, 2.05) is 6.92 Å². The fourth-order valence-electron chi connectivity index (χ4n) is 0.943. The van der Waals surface area contributed by atoms with Gasteiger partial charge in [0.1, 0.15) is 0 Å². The lowest BCUT2D eigenvalue weighted by atomic mass is 10.1. The first kappa shape index (κ1) is 12.8. The van der Waals surface area contributed by atoms with Gasteiger partial charge in [-0.25, -0.2) is 0 Å². The van der Waals surface area contributed by atoms with Crippen LogP contribution in [0.2, 0.25) is 0 Å². The maximum atomic E-state index is 11.2. The number of carbonyl (C=O) groups is 1. The van der Waals surface area contributed by atoms with E-state index in [1.165, 1.54) is 0 Å². The van der Waals surface area contributed by atoms with Gasteiger partial charge < -0.3 is 5.32 Å². The lowest BCUT2D eigenvalue weighted by Gasteiger charge is -2.09. The van der Waals surface area contributed by atoms with Crippen LogP contribution in [0.5, 0.6) is 0 Å². The predicted octanol–water partition coefficient (Wildman–Crippen LogP) is 2.56. The Morgan fingerprint density at radius 1 is 1.46 bits per heavy atom. The molecule has 0 fully saturated rings. The molecule has 2 unspecified atom stereocenters. The Labute approximate surface area is 86.0 Å². The third-order valence-electron chi connectivity index (χ3n) is 2.10. The quantitative estimate of drug-likeness (QED) is 0.664. The summed E-state index contributed by atoms with van der Waals surface area (Å²) >= 11 is 5.74. The van der Waals surface area contributed by atoms with Crippen LogP contribution in [-0.4, -0.2) is 17.8 Å². The van der Waals surface area contributed by atoms with Crippen molar-refractivity contribution in [3.05, 3.63) is 0 Å². The van der Waals surface area contributed by atoms with Gasteiger partial charge in [0.15, 0.2) is 0 Å². The van der Waals surface area contributed by atoms with Crippen molar-refractivity contribution >= 4 is 17.5 Å². The van der Waals surface area contributed by atoms with E-state index in [-0.39, 0.29) is 11.3 Å². The fourth-order valence-corrected chi connectivity index (χ4v) is 1.05. The summed E-state index contributed by atoms with van der Waals surface area (Å²) in [6, 6.07) is 0. The van der Waals surface area contributed by atoms with E-state index in [0.717, 1.165) is 12.8 Å². The van der Waals surface area contributed by atoms with E-state index < -0.39 is 0 Å². The third-order valence-corrected chi connectivity index (χ3v) is 2.31. The molecule has 0 bridgehead atoms. The lowest BCUT2D eigenvalue weighted by Crippen LogP contribution is -2.26. The van der Waals surface area contributed by atoms with Gasteiger partial charge in [-0.2, -0.15) is 0 Å². The van der Waals surface area contributed by atoms with E-state index in [4.69, 9.17) is 11.6 Å². The normalized spacial score (nSPS) is 15.1. The molecule has 3 heteroatoms. The molecule has 0 aromatic heterocycles. The van der Waals surface area contributed by atoms with Crippen LogP contribution < -0.4 is 5.32 Å². The van der Waals surface area contributed by atoms with Crippen LogP contribution in [0, 0.1) is 5.92 Å². The van der Waals surface area contributed by atoms with Crippen molar-refractivity contribution in [1.82, 2.24) is 5.32 Å². The van der Waals surface area contributed by atoms with E-state index in [2.05, 4.69) is 19.2 Å². The second-order valence-electron chi connectivity index (χ2n) is 3.64. The Kier molecular flexibility index (Phi) is 7.06. The summed E-state index contributed by atoms with van der Waals surface area (Å²) in [7, 11) is 0. The van der Waals surface area contributed by atoms with Crippen molar-refractivity contribution < 1.29 is 4.79 Å². The average molecular weight is 206 g/mol. The summed E-state index contributed by atoms with van der Waals surface area (Å²) in [6.07, 6.45) is 2.53. The zero-order chi connectivity index (χ0) is 10.3. The van der Waals surface area contributed by atoms with Crippen molar-refractivity contribution in [2.75, 3.05) is 6.54 Å². The van der Waals surface area contributed by atoms with E-state index in [9.17, 15) is 4.79 Å². The molecule has 0 aliphatic heterocycles. The molecule has 0 aliphatic carbocycles. The maximum absolute atomic E-state index is 11.2. The summed E-state index contributed by atoms with van der Waals surface area (Å²) < 4.78 is 0. The molecule has 0 aromatic rings. The van der Waals surface area contributed by atoms with E-state index >= 15 is 0 Å². The summed E-state index contributed by atoms with van der Waals surface area (Å²) in [5, 5.41) is 3.00. The minimum Gasteiger partial charge on any atom is -0.356 e. The second kappa shape index (κ2) is 7.19. The number of rotatable bonds is 6. The third kappa shape index (κ3) is 8.10. The first-order valence-electron chi connectivity index (χ1n) is 4.97. The van der Waals surface area contributed by atoms with Crippen LogP contribution >= 0.6 is 11.6 Å². The Balaban J connectivity index is 3.41. The molecule has 0 heterocycles. The molecule has 0 spiro atoms. The highest BCUT2D eigenvalue weighted by atomic mass is 35.5. The van der Waals surface area contributed by atoms with Gasteiger partial charge in [-0.1, -0.05) is 20.3 Å². The zero-order valence-electron chi connectivity index (χ0n) is 8.77. The summed E-state index contributed by atoms with van der Waals surface area (Å²) in [4.78, 5) is 11.2. The van der Waals surface area contributed by atoms with Crippen molar-refractivity contribution in [1.29, 1.82) is 0 Å². The molecule has 78 valence electrons. The van der Waals surface area contributed by atoms with Crippen LogP contribution in [0.15, 0.2) is 0 Å². The average Bonchev–Trinajstić information content (AvgIpc) is 2.03. The molecule has 0 rings (SSSR count). The molecule has 0 saturated heterocycles. The Bertz CT molecular complexity index is 148. The van der Waals surface area contributed by atoms with Crippen molar-refractivity contribution in [3.8, 4) is 0 Å². The number of amides is 1. The Hall–Kier alpha value is -0.240. The van der Waals surface area contributed by atoms with Crippen molar-refractivity contribution in [2.45, 2.75) is 45.4 Å². The number of hydrogen-bond acceptors (Lipinski definition) is 1. The summed E-state index contributed by atoms with van der Waals surface area (Å²) in [5.74, 6) is 0.625. The van der Waals surface area contributed by atoms with Gasteiger partial charge >= 0.3 is 0 Å². The van der Waals surface area contributed by atoms with Gasteiger partial charge in [0.05, 0.1) is 0 Å². The standard InChI is InChI=1S/C10H20ClNO/c1-4-8(2)7-10(13)12-6-5-9(3)11/h8-9H,4-7H2,1-3H3,(H,12,13). The Morgan fingerprint density at radius 2 is 2.08 bits per heavy atom. The number of halogens is 1. The van der Waals surface area contributed by atoms with E-state index in [0.29, 0.717) is 18.9 Å². The number of hydrogen-bond donors (Lipinski definition) is 1. The smallest absolute Gasteiger partial charge is 0.220 e. The monoisotopic (exact) mass is 205 g/mol. The lowest BCUT2D eigenvalue weighted by molar-refractivity contribution is -0.121. The van der Waals surface area contributed by atoms with Crippen LogP contribution in [0.4, 0.5) is 0 Å². The number of alkyl halides is 1. The molecule has 0 radical (unpaired) electrons. The first-order chi connectivity index (χ1) is 6.06. The van der Waals surface area contributed by atoms with Crippen LogP contribution in [0.25, 0.3) is 0 Å². The zero-order valence-corrected chi connectivity index (χ0v) is 9.53. The topological polar surface area (TPSA) is 29.1 Å². The van der Waals surface area contributed by atoms with Gasteiger partial charge in [0.25, 0.3) is 0 Å². The van der Waals surface area contributed by atoms with Gasteiger partial charge in [0, 0.05) is 18.3 Å². The predicted molar refractivity (Wildman–Crippen MR) is 57.0 cm³/mol. The molecule has 0 saturated carbocycles. The summed E-state index contributed by atoms with van der Waals surface area (Å²) in [5.41, 5.74) is 0. The van der Waals surface area contributed by atoms with Gasteiger partial charge in [0.2, 0.25) is 5.91 Å². The molecule has 2 atom stereocenters. The maximum Gasteiger partial charge on any atom is 0.220 e. The first-order valence-corrected chi connectivity index (χ1v) is 5.40. The Morgan fingerprint density at radius 3 is 2.54 bits per heavy atom. The van der Waals surface area contributed by atoms with Crippen LogP contribution in [0.1, 0.15) is 40.0 Å². The minimum absolute atomic E-state index is 0.142. The molecule has 0 aromatic carbocycles. The van der Waals surface area contributed by atoms with Crippen molar-refractivity contribution in [3.63, 3.8) is 0 Å². The van der Waals surface area contributed by atoms with E-state index in [1.54, 1.807) is 0 Å². The molecular formula is C10H20ClNO. The van der Waals surface area contributed by atoms with Crippen molar-refractivity contribution in [2.24, 2.45) is 5.92 Å². The minimum atomic E-state index is 0.142. The molecular weight excluding hydrogens is 186 g/mol. The number of carbonyl (C=O) groups excluding carboxylic acids is 1. The largest absolute Gasteiger partial charge is 0.356 e. The highest BCUT2D eigenvalue weighted by molar-refractivity contribution is 6.20. The van der Waals surface area contributed by atoms with Gasteiger partial charge in [-0.15, -0.1) is 11.6 Å². The molecule has 1 amide bonds.